The molecule has 1 unspecified atom stereocenters. The Hall–Kier alpha value is -2.81. The lowest BCUT2D eigenvalue weighted by Gasteiger charge is -2.17. The summed E-state index contributed by atoms with van der Waals surface area (Å²) in [5.74, 6) is 1.74. The van der Waals surface area contributed by atoms with Gasteiger partial charge in [0.2, 0.25) is 0 Å². The van der Waals surface area contributed by atoms with E-state index in [1.807, 2.05) is 32.0 Å². The van der Waals surface area contributed by atoms with Gasteiger partial charge in [0.25, 0.3) is 0 Å². The Morgan fingerprint density at radius 2 is 2.07 bits per heavy atom. The van der Waals surface area contributed by atoms with Crippen molar-refractivity contribution in [3.63, 3.8) is 0 Å². The molecule has 0 aliphatic rings. The Kier molecular flexibility index (Phi) is 8.26. The van der Waals surface area contributed by atoms with Crippen LogP contribution in [0.3, 0.4) is 0 Å². The van der Waals surface area contributed by atoms with Gasteiger partial charge >= 0.3 is 5.97 Å². The van der Waals surface area contributed by atoms with Gasteiger partial charge in [-0.1, -0.05) is 0 Å². The van der Waals surface area contributed by atoms with E-state index in [2.05, 4.69) is 20.6 Å². The zero-order valence-corrected chi connectivity index (χ0v) is 18.5. The number of nitrogens with one attached hydrogen (secondary N) is 2. The molecule has 0 saturated carbocycles. The summed E-state index contributed by atoms with van der Waals surface area (Å²) in [5.41, 5.74) is 1.64. The standard InChI is InChI=1S/C20H28N4O4S/c1-7-28-19(25)17-12(2)23-18(29-17)13(3)24-20(21-4)22-11-14-8-9-15(26-5)10-16(14)27-6/h8-10,13H,7,11H2,1-6H3,(H2,21,22,24). The number of esters is 1. The van der Waals surface area contributed by atoms with Crippen LogP contribution >= 0.6 is 11.3 Å². The van der Waals surface area contributed by atoms with Crippen LogP contribution in [-0.4, -0.2) is 44.8 Å². The molecule has 0 saturated heterocycles. The highest BCUT2D eigenvalue weighted by Crippen LogP contribution is 2.25. The SMILES string of the molecule is CCOC(=O)c1sc(C(C)NC(=NC)NCc2ccc(OC)cc2OC)nc1C. The molecule has 8 nitrogen and oxygen atoms in total. The molecule has 0 spiro atoms. The van der Waals surface area contributed by atoms with Crippen molar-refractivity contribution < 1.29 is 19.0 Å². The lowest BCUT2D eigenvalue weighted by Crippen LogP contribution is -2.38. The molecule has 2 aromatic rings. The molecule has 1 aromatic heterocycles. The third-order valence-electron chi connectivity index (χ3n) is 4.16. The quantitative estimate of drug-likeness (QED) is 0.385. The van der Waals surface area contributed by atoms with E-state index >= 15 is 0 Å². The Bertz CT molecular complexity index is 866. The highest BCUT2D eigenvalue weighted by atomic mass is 32.1. The Balaban J connectivity index is 2.03. The molecule has 2 rings (SSSR count). The van der Waals surface area contributed by atoms with Gasteiger partial charge in [0.15, 0.2) is 5.96 Å². The first-order valence-electron chi connectivity index (χ1n) is 9.25. The second kappa shape index (κ2) is 10.7. The number of ether oxygens (including phenoxy) is 3. The molecule has 29 heavy (non-hydrogen) atoms. The number of benzene rings is 1. The maximum absolute atomic E-state index is 12.0. The monoisotopic (exact) mass is 420 g/mol. The summed E-state index contributed by atoms with van der Waals surface area (Å²) >= 11 is 1.33. The predicted octanol–water partition coefficient (Wildman–Crippen LogP) is 3.07. The molecule has 0 radical (unpaired) electrons. The van der Waals surface area contributed by atoms with E-state index < -0.39 is 0 Å². The molecule has 1 heterocycles. The number of rotatable bonds is 8. The number of hydrogen-bond acceptors (Lipinski definition) is 7. The maximum Gasteiger partial charge on any atom is 0.350 e. The van der Waals surface area contributed by atoms with Gasteiger partial charge in [-0.2, -0.15) is 0 Å². The van der Waals surface area contributed by atoms with Crippen molar-refractivity contribution in [2.24, 2.45) is 4.99 Å². The van der Waals surface area contributed by atoms with Crippen LogP contribution in [-0.2, 0) is 11.3 Å². The minimum atomic E-state index is -0.338. The predicted molar refractivity (Wildman–Crippen MR) is 114 cm³/mol. The van der Waals surface area contributed by atoms with Crippen LogP contribution in [0.1, 0.15) is 45.8 Å². The lowest BCUT2D eigenvalue weighted by molar-refractivity contribution is 0.0531. The number of carbonyl (C=O) groups is 1. The van der Waals surface area contributed by atoms with E-state index in [0.29, 0.717) is 29.7 Å². The molecular weight excluding hydrogens is 392 g/mol. The van der Waals surface area contributed by atoms with Crippen molar-refractivity contribution in [3.8, 4) is 11.5 Å². The molecule has 2 N–H and O–H groups in total. The molecule has 0 fully saturated rings. The largest absolute Gasteiger partial charge is 0.497 e. The molecule has 1 aromatic carbocycles. The summed E-state index contributed by atoms with van der Waals surface area (Å²) < 4.78 is 15.7. The van der Waals surface area contributed by atoms with Crippen LogP contribution in [0.4, 0.5) is 0 Å². The van der Waals surface area contributed by atoms with Crippen LogP contribution in [0.15, 0.2) is 23.2 Å². The average molecular weight is 421 g/mol. The first-order valence-corrected chi connectivity index (χ1v) is 10.1. The Morgan fingerprint density at radius 1 is 1.31 bits per heavy atom. The molecule has 0 amide bonds. The van der Waals surface area contributed by atoms with E-state index in [1.165, 1.54) is 11.3 Å². The maximum atomic E-state index is 12.0. The van der Waals surface area contributed by atoms with E-state index in [4.69, 9.17) is 14.2 Å². The first-order chi connectivity index (χ1) is 13.9. The smallest absolute Gasteiger partial charge is 0.350 e. The van der Waals surface area contributed by atoms with E-state index in [9.17, 15) is 4.79 Å². The number of aryl methyl sites for hydroxylation is 1. The fourth-order valence-electron chi connectivity index (χ4n) is 2.63. The lowest BCUT2D eigenvalue weighted by atomic mass is 10.2. The van der Waals surface area contributed by atoms with Crippen molar-refractivity contribution in [2.45, 2.75) is 33.4 Å². The zero-order valence-electron chi connectivity index (χ0n) is 17.7. The van der Waals surface area contributed by atoms with Crippen LogP contribution < -0.4 is 20.1 Å². The number of thiazole rings is 1. The summed E-state index contributed by atoms with van der Waals surface area (Å²) in [7, 11) is 4.94. The molecule has 158 valence electrons. The number of carbonyl (C=O) groups excluding carboxylic acids is 1. The topological polar surface area (TPSA) is 94.1 Å². The van der Waals surface area contributed by atoms with Crippen molar-refractivity contribution >= 4 is 23.3 Å². The van der Waals surface area contributed by atoms with Crippen molar-refractivity contribution in [3.05, 3.63) is 39.3 Å². The van der Waals surface area contributed by atoms with Gasteiger partial charge in [0, 0.05) is 25.2 Å². The fraction of sp³-hybridized carbons (Fsp3) is 0.450. The molecule has 9 heteroatoms. The third-order valence-corrected chi connectivity index (χ3v) is 5.48. The number of hydrogen-bond donors (Lipinski definition) is 2. The highest BCUT2D eigenvalue weighted by Gasteiger charge is 2.20. The molecule has 0 aliphatic heterocycles. The minimum absolute atomic E-state index is 0.133. The minimum Gasteiger partial charge on any atom is -0.497 e. The van der Waals surface area contributed by atoms with Crippen LogP contribution in [0.5, 0.6) is 11.5 Å². The van der Waals surface area contributed by atoms with E-state index in [0.717, 1.165) is 22.1 Å². The van der Waals surface area contributed by atoms with Gasteiger partial charge in [-0.3, -0.25) is 4.99 Å². The molecule has 1 atom stereocenters. The highest BCUT2D eigenvalue weighted by molar-refractivity contribution is 7.13. The summed E-state index contributed by atoms with van der Waals surface area (Å²) in [6.07, 6.45) is 0. The van der Waals surface area contributed by atoms with Crippen molar-refractivity contribution in [1.29, 1.82) is 0 Å². The summed E-state index contributed by atoms with van der Waals surface area (Å²) in [4.78, 5) is 21.3. The fourth-order valence-corrected chi connectivity index (χ4v) is 3.59. The zero-order chi connectivity index (χ0) is 21.4. The van der Waals surface area contributed by atoms with Gasteiger partial charge in [0.1, 0.15) is 21.4 Å². The van der Waals surface area contributed by atoms with Crippen LogP contribution in [0, 0.1) is 6.92 Å². The molecule has 0 aliphatic carbocycles. The average Bonchev–Trinajstić information content (AvgIpc) is 3.12. The summed E-state index contributed by atoms with van der Waals surface area (Å²) in [6.45, 7) is 6.41. The number of guanidine groups is 1. The van der Waals surface area contributed by atoms with Gasteiger partial charge in [-0.15, -0.1) is 11.3 Å². The second-order valence-corrected chi connectivity index (χ2v) is 7.19. The molecule has 0 bridgehead atoms. The third kappa shape index (κ3) is 5.83. The van der Waals surface area contributed by atoms with Crippen molar-refractivity contribution in [2.75, 3.05) is 27.9 Å². The molecular formula is C20H28N4O4S. The first kappa shape index (κ1) is 22.5. The van der Waals surface area contributed by atoms with Crippen LogP contribution in [0.2, 0.25) is 0 Å². The van der Waals surface area contributed by atoms with Crippen molar-refractivity contribution in [1.82, 2.24) is 15.6 Å². The normalized spacial score (nSPS) is 12.3. The van der Waals surface area contributed by atoms with E-state index in [1.54, 1.807) is 28.2 Å². The van der Waals surface area contributed by atoms with Crippen LogP contribution in [0.25, 0.3) is 0 Å². The summed E-state index contributed by atoms with van der Waals surface area (Å²) in [6, 6.07) is 5.53. The second-order valence-electron chi connectivity index (χ2n) is 6.16. The summed E-state index contributed by atoms with van der Waals surface area (Å²) in [5, 5.41) is 7.35. The Labute approximate surface area is 175 Å². The van der Waals surface area contributed by atoms with Gasteiger partial charge in [0.05, 0.1) is 32.6 Å². The number of nitrogens with zero attached hydrogens (tertiary/aromatic N) is 2. The van der Waals surface area contributed by atoms with Gasteiger partial charge < -0.3 is 24.8 Å². The Morgan fingerprint density at radius 3 is 2.69 bits per heavy atom. The number of aromatic nitrogens is 1. The number of methoxy groups -OCH3 is 2. The number of aliphatic imine (C=N–C) groups is 1. The van der Waals surface area contributed by atoms with E-state index in [-0.39, 0.29) is 12.0 Å². The van der Waals surface area contributed by atoms with Gasteiger partial charge in [-0.05, 0) is 32.9 Å². The van der Waals surface area contributed by atoms with Gasteiger partial charge in [-0.25, -0.2) is 9.78 Å².